The number of nitrogens with zero attached hydrogens (tertiary/aromatic N) is 5. The molecule has 4 aromatic rings. The summed E-state index contributed by atoms with van der Waals surface area (Å²) in [5, 5.41) is 18.6. The Morgan fingerprint density at radius 3 is 2.50 bits per heavy atom. The molecule has 1 amide bonds. The summed E-state index contributed by atoms with van der Waals surface area (Å²) < 4.78 is 14.1. The molecule has 1 aromatic heterocycles. The van der Waals surface area contributed by atoms with Crippen molar-refractivity contribution in [2.75, 3.05) is 23.8 Å². The van der Waals surface area contributed by atoms with Crippen molar-refractivity contribution in [3.05, 3.63) is 89.7 Å². The van der Waals surface area contributed by atoms with Crippen LogP contribution in [0, 0.1) is 25.2 Å². The number of aryl methyl sites for hydroxylation is 2. The first-order valence-electron chi connectivity index (χ1n) is 12.3. The molecule has 192 valence electrons. The van der Waals surface area contributed by atoms with Gasteiger partial charge in [-0.1, -0.05) is 48.2 Å². The van der Waals surface area contributed by atoms with Crippen LogP contribution in [-0.2, 0) is 4.79 Å². The van der Waals surface area contributed by atoms with E-state index < -0.39 is 6.10 Å². The molecule has 0 aliphatic carbocycles. The molecule has 0 fully saturated rings. The first kappa shape index (κ1) is 25.4. The highest BCUT2D eigenvalue weighted by molar-refractivity contribution is 7.99. The van der Waals surface area contributed by atoms with Gasteiger partial charge >= 0.3 is 0 Å². The third-order valence-electron chi connectivity index (χ3n) is 6.06. The number of nitriles is 1. The van der Waals surface area contributed by atoms with Crippen LogP contribution in [0.1, 0.15) is 29.5 Å². The highest BCUT2D eigenvalue weighted by atomic mass is 32.2. The van der Waals surface area contributed by atoms with Gasteiger partial charge in [0, 0.05) is 17.9 Å². The number of hydrogen-bond acceptors (Lipinski definition) is 7. The smallest absolute Gasteiger partial charge is 0.237 e. The van der Waals surface area contributed by atoms with Crippen molar-refractivity contribution < 1.29 is 14.3 Å². The number of aromatic nitrogens is 3. The van der Waals surface area contributed by atoms with E-state index >= 15 is 0 Å². The van der Waals surface area contributed by atoms with E-state index in [2.05, 4.69) is 22.3 Å². The Labute approximate surface area is 225 Å². The molecule has 0 bridgehead atoms. The van der Waals surface area contributed by atoms with Crippen molar-refractivity contribution in [2.45, 2.75) is 31.5 Å². The topological polar surface area (TPSA) is 93.3 Å². The van der Waals surface area contributed by atoms with Gasteiger partial charge in [-0.05, 0) is 61.4 Å². The van der Waals surface area contributed by atoms with Crippen molar-refractivity contribution in [1.82, 2.24) is 14.8 Å². The molecule has 3 aromatic carbocycles. The number of benzene rings is 3. The van der Waals surface area contributed by atoms with Crippen molar-refractivity contribution in [3.8, 4) is 23.3 Å². The molecular formula is C29H27N5O3S. The maximum Gasteiger partial charge on any atom is 0.237 e. The van der Waals surface area contributed by atoms with Gasteiger partial charge < -0.3 is 14.4 Å². The van der Waals surface area contributed by atoms with Gasteiger partial charge in [-0.2, -0.15) is 5.26 Å². The predicted octanol–water partition coefficient (Wildman–Crippen LogP) is 5.44. The summed E-state index contributed by atoms with van der Waals surface area (Å²) in [6, 6.07) is 25.4. The molecule has 2 heterocycles. The second kappa shape index (κ2) is 11.4. The monoisotopic (exact) mass is 525 g/mol. The van der Waals surface area contributed by atoms with E-state index in [9.17, 15) is 10.1 Å². The van der Waals surface area contributed by atoms with Crippen LogP contribution >= 0.6 is 11.8 Å². The number of rotatable bonds is 8. The Hall–Kier alpha value is -4.29. The lowest BCUT2D eigenvalue weighted by molar-refractivity contribution is -0.116. The molecule has 0 saturated heterocycles. The highest BCUT2D eigenvalue weighted by Gasteiger charge is 2.29. The van der Waals surface area contributed by atoms with E-state index in [0.717, 1.165) is 22.5 Å². The van der Waals surface area contributed by atoms with Crippen LogP contribution in [0.5, 0.6) is 11.5 Å². The number of thioether (sulfide) groups is 1. The van der Waals surface area contributed by atoms with Gasteiger partial charge in [0.1, 0.15) is 6.61 Å². The van der Waals surface area contributed by atoms with Gasteiger partial charge in [-0.25, -0.2) is 0 Å². The number of fused-ring (bicyclic) bond motifs is 1. The fourth-order valence-electron chi connectivity index (χ4n) is 4.42. The molecule has 0 saturated carbocycles. The largest absolute Gasteiger partial charge is 0.485 e. The average Bonchev–Trinajstić information content (AvgIpc) is 3.36. The molecule has 8 nitrogen and oxygen atoms in total. The minimum Gasteiger partial charge on any atom is -0.485 e. The molecule has 1 aliphatic rings. The number of amides is 1. The summed E-state index contributed by atoms with van der Waals surface area (Å²) in [6.45, 7) is 4.61. The minimum absolute atomic E-state index is 0.106. The third-order valence-corrected chi connectivity index (χ3v) is 6.97. The molecule has 0 N–H and O–H groups in total. The quantitative estimate of drug-likeness (QED) is 0.283. The van der Waals surface area contributed by atoms with Crippen molar-refractivity contribution >= 4 is 23.4 Å². The van der Waals surface area contributed by atoms with Crippen molar-refractivity contribution in [1.29, 1.82) is 5.26 Å². The first-order chi connectivity index (χ1) is 18.5. The molecule has 0 unspecified atom stereocenters. The van der Waals surface area contributed by atoms with Gasteiger partial charge in [0.05, 0.1) is 18.2 Å². The fourth-order valence-corrected chi connectivity index (χ4v) is 5.26. The molecule has 1 aliphatic heterocycles. The van der Waals surface area contributed by atoms with Gasteiger partial charge in [-0.15, -0.1) is 10.2 Å². The van der Waals surface area contributed by atoms with Crippen molar-refractivity contribution in [3.63, 3.8) is 0 Å². The Kier molecular flexibility index (Phi) is 7.61. The lowest BCUT2D eigenvalue weighted by Gasteiger charge is -2.26. The number of carbonyl (C=O) groups is 1. The van der Waals surface area contributed by atoms with E-state index in [-0.39, 0.29) is 18.1 Å². The van der Waals surface area contributed by atoms with E-state index in [0.29, 0.717) is 35.6 Å². The van der Waals surface area contributed by atoms with Gasteiger partial charge in [-0.3, -0.25) is 9.36 Å². The molecule has 0 spiro atoms. The maximum atomic E-state index is 13.4. The zero-order chi connectivity index (χ0) is 26.5. The molecule has 0 radical (unpaired) electrons. The lowest BCUT2D eigenvalue weighted by atomic mass is 10.1. The normalized spacial score (nSPS) is 14.1. The maximum absolute atomic E-state index is 13.4. The zero-order valence-corrected chi connectivity index (χ0v) is 22.0. The molecule has 38 heavy (non-hydrogen) atoms. The summed E-state index contributed by atoms with van der Waals surface area (Å²) >= 11 is 1.30. The molecule has 9 heteroatoms. The Morgan fingerprint density at radius 1 is 1.05 bits per heavy atom. The second-order valence-electron chi connectivity index (χ2n) is 8.96. The highest BCUT2D eigenvalue weighted by Crippen LogP contribution is 2.37. The third kappa shape index (κ3) is 5.50. The molecular weight excluding hydrogens is 498 g/mol. The standard InChI is InChI=1S/C29H27N5O3S/c1-20-15-21(2)17-23(16-20)33(14-8-13-30)27(35)19-38-29-32-31-28(34(29)22-9-4-3-5-10-22)26-18-36-24-11-6-7-12-25(24)37-26/h3-7,9-12,15-17,26H,8,14,18-19H2,1-2H3/t26-/m0/s1. The number of carbonyl (C=O) groups excluding carboxylic acids is 1. The Balaban J connectivity index is 1.41. The Morgan fingerprint density at radius 2 is 1.76 bits per heavy atom. The van der Waals surface area contributed by atoms with Gasteiger partial charge in [0.25, 0.3) is 0 Å². The van der Waals surface area contributed by atoms with Crippen molar-refractivity contribution in [2.24, 2.45) is 0 Å². The average molecular weight is 526 g/mol. The van der Waals surface area contributed by atoms with E-state index in [1.807, 2.05) is 85.1 Å². The van der Waals surface area contributed by atoms with E-state index in [1.54, 1.807) is 4.90 Å². The first-order valence-corrected chi connectivity index (χ1v) is 13.3. The molecule has 5 rings (SSSR count). The minimum atomic E-state index is -0.468. The number of ether oxygens (including phenoxy) is 2. The predicted molar refractivity (Wildman–Crippen MR) is 146 cm³/mol. The van der Waals surface area contributed by atoms with Crippen LogP contribution < -0.4 is 14.4 Å². The summed E-state index contributed by atoms with van der Waals surface area (Å²) in [5.74, 6) is 1.96. The number of para-hydroxylation sites is 3. The summed E-state index contributed by atoms with van der Waals surface area (Å²) in [4.78, 5) is 15.1. The Bertz CT molecular complexity index is 1460. The van der Waals surface area contributed by atoms with Crippen LogP contribution in [0.15, 0.2) is 78.0 Å². The summed E-state index contributed by atoms with van der Waals surface area (Å²) in [5.41, 5.74) is 3.78. The number of anilines is 1. The number of hydrogen-bond donors (Lipinski definition) is 0. The second-order valence-corrected chi connectivity index (χ2v) is 9.91. The fraction of sp³-hybridized carbons (Fsp3) is 0.241. The van der Waals surface area contributed by atoms with Crippen LogP contribution in [-0.4, -0.2) is 39.6 Å². The summed E-state index contributed by atoms with van der Waals surface area (Å²) in [7, 11) is 0. The van der Waals surface area contributed by atoms with Crippen LogP contribution in [0.25, 0.3) is 5.69 Å². The van der Waals surface area contributed by atoms with E-state index in [4.69, 9.17) is 9.47 Å². The van der Waals surface area contributed by atoms with Crippen LogP contribution in [0.2, 0.25) is 0 Å². The SMILES string of the molecule is Cc1cc(C)cc(N(CCC#N)C(=O)CSc2nnc([C@@H]3COc4ccccc4O3)n2-c2ccccc2)c1. The molecule has 1 atom stereocenters. The lowest BCUT2D eigenvalue weighted by Crippen LogP contribution is -2.33. The van der Waals surface area contributed by atoms with Crippen LogP contribution in [0.3, 0.4) is 0 Å². The zero-order valence-electron chi connectivity index (χ0n) is 21.2. The van der Waals surface area contributed by atoms with Crippen LogP contribution in [0.4, 0.5) is 5.69 Å². The summed E-state index contributed by atoms with van der Waals surface area (Å²) in [6.07, 6.45) is -0.223. The van der Waals surface area contributed by atoms with Gasteiger partial charge in [0.15, 0.2) is 28.6 Å². The van der Waals surface area contributed by atoms with E-state index in [1.165, 1.54) is 11.8 Å². The van der Waals surface area contributed by atoms with Gasteiger partial charge in [0.2, 0.25) is 5.91 Å².